The van der Waals surface area contributed by atoms with Crippen LogP contribution < -0.4 is 5.73 Å². The van der Waals surface area contributed by atoms with Gasteiger partial charge in [-0.25, -0.2) is 0 Å². The Labute approximate surface area is 78.7 Å². The van der Waals surface area contributed by atoms with Crippen LogP contribution in [-0.4, -0.2) is 11.7 Å². The summed E-state index contributed by atoms with van der Waals surface area (Å²) in [7, 11) is 0. The van der Waals surface area contributed by atoms with E-state index in [0.29, 0.717) is 24.5 Å². The Kier molecular flexibility index (Phi) is 3.46. The Bertz CT molecular complexity index is 203. The summed E-state index contributed by atoms with van der Waals surface area (Å²) in [6.45, 7) is 1.86. The van der Waals surface area contributed by atoms with E-state index in [0.717, 1.165) is 19.3 Å². The van der Waals surface area contributed by atoms with Gasteiger partial charge in [-0.3, -0.25) is 9.59 Å². The highest BCUT2D eigenvalue weighted by Gasteiger charge is 2.22. The standard InChI is InChI=1S/C10H17NO2/c1-7(10(11)13)6-8-2-4-9(12)5-3-8/h7-8H,2-6H2,1H3,(H2,11,13). The third-order valence-electron chi connectivity index (χ3n) is 2.84. The van der Waals surface area contributed by atoms with Gasteiger partial charge in [0.15, 0.2) is 0 Å². The van der Waals surface area contributed by atoms with Crippen molar-refractivity contribution in [3.05, 3.63) is 0 Å². The number of primary amides is 1. The van der Waals surface area contributed by atoms with Crippen molar-refractivity contribution in [1.29, 1.82) is 0 Å². The molecule has 0 aliphatic heterocycles. The summed E-state index contributed by atoms with van der Waals surface area (Å²) in [5, 5.41) is 0. The van der Waals surface area contributed by atoms with E-state index in [9.17, 15) is 9.59 Å². The predicted molar refractivity (Wildman–Crippen MR) is 49.9 cm³/mol. The summed E-state index contributed by atoms with van der Waals surface area (Å²) in [4.78, 5) is 21.7. The smallest absolute Gasteiger partial charge is 0.220 e. The van der Waals surface area contributed by atoms with E-state index in [1.165, 1.54) is 0 Å². The molecule has 3 heteroatoms. The van der Waals surface area contributed by atoms with Crippen LogP contribution in [0.25, 0.3) is 0 Å². The van der Waals surface area contributed by atoms with Crippen LogP contribution in [0.3, 0.4) is 0 Å². The molecule has 0 aromatic rings. The van der Waals surface area contributed by atoms with Gasteiger partial charge in [0.1, 0.15) is 5.78 Å². The van der Waals surface area contributed by atoms with E-state index >= 15 is 0 Å². The maximum atomic E-state index is 10.9. The minimum atomic E-state index is -0.225. The Balaban J connectivity index is 2.30. The molecule has 0 bridgehead atoms. The van der Waals surface area contributed by atoms with Gasteiger partial charge >= 0.3 is 0 Å². The lowest BCUT2D eigenvalue weighted by atomic mass is 9.82. The molecular weight excluding hydrogens is 166 g/mol. The average Bonchev–Trinajstić information content (AvgIpc) is 2.08. The molecule has 1 rings (SSSR count). The molecule has 0 aromatic heterocycles. The van der Waals surface area contributed by atoms with Crippen molar-refractivity contribution in [3.63, 3.8) is 0 Å². The number of Topliss-reactive ketones (excluding diaryl/α,β-unsaturated/α-hetero) is 1. The van der Waals surface area contributed by atoms with E-state index in [4.69, 9.17) is 5.73 Å². The fraction of sp³-hybridized carbons (Fsp3) is 0.800. The topological polar surface area (TPSA) is 60.2 Å². The zero-order chi connectivity index (χ0) is 9.84. The van der Waals surface area contributed by atoms with Crippen molar-refractivity contribution in [1.82, 2.24) is 0 Å². The quantitative estimate of drug-likeness (QED) is 0.716. The van der Waals surface area contributed by atoms with Crippen LogP contribution in [0.1, 0.15) is 39.0 Å². The predicted octanol–water partition coefficient (Wildman–Crippen LogP) is 1.26. The van der Waals surface area contributed by atoms with Crippen molar-refractivity contribution in [2.24, 2.45) is 17.6 Å². The van der Waals surface area contributed by atoms with Gasteiger partial charge < -0.3 is 5.73 Å². The van der Waals surface area contributed by atoms with E-state index < -0.39 is 0 Å². The zero-order valence-corrected chi connectivity index (χ0v) is 8.08. The van der Waals surface area contributed by atoms with Gasteiger partial charge in [-0.05, 0) is 25.2 Å². The van der Waals surface area contributed by atoms with Crippen molar-refractivity contribution >= 4 is 11.7 Å². The number of hydrogen-bond acceptors (Lipinski definition) is 2. The number of amides is 1. The lowest BCUT2D eigenvalue weighted by Gasteiger charge is -2.22. The summed E-state index contributed by atoms with van der Waals surface area (Å²) in [6, 6.07) is 0. The molecule has 1 fully saturated rings. The van der Waals surface area contributed by atoms with Crippen LogP contribution in [0, 0.1) is 11.8 Å². The number of nitrogens with two attached hydrogens (primary N) is 1. The molecule has 1 atom stereocenters. The van der Waals surface area contributed by atoms with E-state index in [2.05, 4.69) is 0 Å². The van der Waals surface area contributed by atoms with Crippen LogP contribution in [0.5, 0.6) is 0 Å². The highest BCUT2D eigenvalue weighted by molar-refractivity contribution is 5.79. The first-order valence-electron chi connectivity index (χ1n) is 4.90. The highest BCUT2D eigenvalue weighted by Crippen LogP contribution is 2.27. The number of ketones is 1. The summed E-state index contributed by atoms with van der Waals surface area (Å²) >= 11 is 0. The summed E-state index contributed by atoms with van der Waals surface area (Å²) in [6.07, 6.45) is 4.11. The molecule has 0 spiro atoms. The van der Waals surface area contributed by atoms with E-state index in [-0.39, 0.29) is 11.8 Å². The Morgan fingerprint density at radius 1 is 1.54 bits per heavy atom. The third kappa shape index (κ3) is 3.17. The third-order valence-corrected chi connectivity index (χ3v) is 2.84. The molecule has 0 saturated heterocycles. The molecule has 1 amide bonds. The fourth-order valence-electron chi connectivity index (χ4n) is 1.85. The first-order chi connectivity index (χ1) is 6.09. The lowest BCUT2D eigenvalue weighted by Crippen LogP contribution is -2.24. The molecule has 2 N–H and O–H groups in total. The molecule has 1 aliphatic carbocycles. The fourth-order valence-corrected chi connectivity index (χ4v) is 1.85. The second kappa shape index (κ2) is 4.40. The van der Waals surface area contributed by atoms with Gasteiger partial charge in [-0.2, -0.15) is 0 Å². The number of rotatable bonds is 3. The van der Waals surface area contributed by atoms with Crippen LogP contribution in [0.4, 0.5) is 0 Å². The van der Waals surface area contributed by atoms with E-state index in [1.54, 1.807) is 0 Å². The maximum Gasteiger partial charge on any atom is 0.220 e. The van der Waals surface area contributed by atoms with Crippen molar-refractivity contribution < 1.29 is 9.59 Å². The minimum absolute atomic E-state index is 0.0433. The van der Waals surface area contributed by atoms with Crippen molar-refractivity contribution in [2.45, 2.75) is 39.0 Å². The van der Waals surface area contributed by atoms with Gasteiger partial charge in [0.05, 0.1) is 0 Å². The molecule has 0 radical (unpaired) electrons. The lowest BCUT2D eigenvalue weighted by molar-refractivity contribution is -0.122. The molecule has 0 heterocycles. The molecule has 0 aromatic carbocycles. The number of carbonyl (C=O) groups excluding carboxylic acids is 2. The summed E-state index contributed by atoms with van der Waals surface area (Å²) in [5.74, 6) is 0.623. The maximum absolute atomic E-state index is 10.9. The summed E-state index contributed by atoms with van der Waals surface area (Å²) < 4.78 is 0. The Morgan fingerprint density at radius 2 is 2.08 bits per heavy atom. The van der Waals surface area contributed by atoms with Gasteiger partial charge in [0.25, 0.3) is 0 Å². The van der Waals surface area contributed by atoms with Crippen LogP contribution in [0.15, 0.2) is 0 Å². The largest absolute Gasteiger partial charge is 0.369 e. The Morgan fingerprint density at radius 3 is 2.54 bits per heavy atom. The van der Waals surface area contributed by atoms with Gasteiger partial charge in [-0.1, -0.05) is 6.92 Å². The zero-order valence-electron chi connectivity index (χ0n) is 8.08. The molecule has 1 saturated carbocycles. The first kappa shape index (κ1) is 10.2. The molecule has 74 valence electrons. The van der Waals surface area contributed by atoms with Crippen molar-refractivity contribution in [2.75, 3.05) is 0 Å². The average molecular weight is 183 g/mol. The SMILES string of the molecule is CC(CC1CCC(=O)CC1)C(N)=O. The molecule has 13 heavy (non-hydrogen) atoms. The Hall–Kier alpha value is -0.860. The van der Waals surface area contributed by atoms with Crippen molar-refractivity contribution in [3.8, 4) is 0 Å². The number of carbonyl (C=O) groups is 2. The first-order valence-corrected chi connectivity index (χ1v) is 4.90. The normalized spacial score (nSPS) is 21.5. The molecule has 1 aliphatic rings. The number of hydrogen-bond donors (Lipinski definition) is 1. The molecular formula is C10H17NO2. The highest BCUT2D eigenvalue weighted by atomic mass is 16.1. The van der Waals surface area contributed by atoms with Gasteiger partial charge in [0, 0.05) is 18.8 Å². The minimum Gasteiger partial charge on any atom is -0.369 e. The van der Waals surface area contributed by atoms with Gasteiger partial charge in [-0.15, -0.1) is 0 Å². The van der Waals surface area contributed by atoms with E-state index in [1.807, 2.05) is 6.92 Å². The second-order valence-corrected chi connectivity index (χ2v) is 4.02. The monoisotopic (exact) mass is 183 g/mol. The molecule has 1 unspecified atom stereocenters. The molecule has 3 nitrogen and oxygen atoms in total. The second-order valence-electron chi connectivity index (χ2n) is 4.02. The van der Waals surface area contributed by atoms with Crippen LogP contribution in [-0.2, 0) is 9.59 Å². The summed E-state index contributed by atoms with van der Waals surface area (Å²) in [5.41, 5.74) is 5.17. The van der Waals surface area contributed by atoms with Crippen LogP contribution >= 0.6 is 0 Å². The van der Waals surface area contributed by atoms with Gasteiger partial charge in [0.2, 0.25) is 5.91 Å². The van der Waals surface area contributed by atoms with Crippen LogP contribution in [0.2, 0.25) is 0 Å².